The normalized spacial score (nSPS) is 29.0. The molecule has 3 fully saturated rings. The fourth-order valence-electron chi connectivity index (χ4n) is 3.93. The molecule has 1 aromatic carbocycles. The second-order valence-corrected chi connectivity index (χ2v) is 7.15. The molecule has 2 atom stereocenters. The highest BCUT2D eigenvalue weighted by Crippen LogP contribution is 2.35. The average molecular weight is 302 g/mol. The summed E-state index contributed by atoms with van der Waals surface area (Å²) in [5.74, 6) is 1.49. The molecule has 0 radical (unpaired) electrons. The van der Waals surface area contributed by atoms with E-state index >= 15 is 0 Å². The van der Waals surface area contributed by atoms with Crippen LogP contribution < -0.4 is 0 Å². The van der Waals surface area contributed by atoms with E-state index in [0.717, 1.165) is 38.4 Å². The Bertz CT molecular complexity index is 572. The molecule has 1 saturated carbocycles. The highest BCUT2D eigenvalue weighted by molar-refractivity contribution is 5.83. The zero-order valence-electron chi connectivity index (χ0n) is 12.9. The molecule has 3 nitrogen and oxygen atoms in total. The molecule has 1 aromatic rings. The molecule has 2 bridgehead atoms. The standard InChI is InChI=1S/C18H23FN2O/c19-16-4-2-1-3-15(16)12-20-8-7-14-9-17(20)18(22)21(11-14)10-13-5-6-13/h1-4,13-14,17H,5-12H2/t14-,17+/m0/s1. The van der Waals surface area contributed by atoms with E-state index in [1.165, 1.54) is 18.9 Å². The van der Waals surface area contributed by atoms with Crippen molar-refractivity contribution in [3.63, 3.8) is 0 Å². The van der Waals surface area contributed by atoms with Gasteiger partial charge in [-0.3, -0.25) is 9.69 Å². The van der Waals surface area contributed by atoms with Crippen molar-refractivity contribution in [1.82, 2.24) is 9.80 Å². The fraction of sp³-hybridized carbons (Fsp3) is 0.611. The summed E-state index contributed by atoms with van der Waals surface area (Å²) in [6.45, 7) is 3.35. The Morgan fingerprint density at radius 2 is 2.00 bits per heavy atom. The molecule has 118 valence electrons. The summed E-state index contributed by atoms with van der Waals surface area (Å²) < 4.78 is 13.9. The minimum atomic E-state index is -0.164. The summed E-state index contributed by atoms with van der Waals surface area (Å²) in [5.41, 5.74) is 0.702. The van der Waals surface area contributed by atoms with E-state index in [0.29, 0.717) is 18.0 Å². The van der Waals surface area contributed by atoms with Crippen LogP contribution in [0.1, 0.15) is 31.2 Å². The number of halogens is 1. The lowest BCUT2D eigenvalue weighted by atomic mass is 9.85. The van der Waals surface area contributed by atoms with Crippen molar-refractivity contribution in [3.8, 4) is 0 Å². The molecule has 3 aliphatic rings. The second kappa shape index (κ2) is 5.65. The first-order chi connectivity index (χ1) is 10.7. The van der Waals surface area contributed by atoms with Crippen LogP contribution in [0.15, 0.2) is 24.3 Å². The maximum absolute atomic E-state index is 13.9. The van der Waals surface area contributed by atoms with Gasteiger partial charge in [-0.1, -0.05) is 18.2 Å². The zero-order chi connectivity index (χ0) is 15.1. The predicted molar refractivity (Wildman–Crippen MR) is 82.6 cm³/mol. The van der Waals surface area contributed by atoms with Crippen LogP contribution in [-0.4, -0.2) is 41.4 Å². The first-order valence-electron chi connectivity index (χ1n) is 8.47. The number of benzene rings is 1. The van der Waals surface area contributed by atoms with Crippen LogP contribution in [0.4, 0.5) is 4.39 Å². The van der Waals surface area contributed by atoms with Gasteiger partial charge in [0.15, 0.2) is 0 Å². The van der Waals surface area contributed by atoms with Crippen LogP contribution in [-0.2, 0) is 11.3 Å². The first kappa shape index (κ1) is 14.2. The number of fused-ring (bicyclic) bond motifs is 2. The molecular formula is C18H23FN2O. The molecule has 2 aliphatic heterocycles. The number of carbonyl (C=O) groups excluding carboxylic acids is 1. The maximum Gasteiger partial charge on any atom is 0.239 e. The number of rotatable bonds is 4. The van der Waals surface area contributed by atoms with Gasteiger partial charge in [0, 0.05) is 25.2 Å². The Kier molecular flexibility index (Phi) is 3.65. The van der Waals surface area contributed by atoms with Gasteiger partial charge >= 0.3 is 0 Å². The molecule has 0 spiro atoms. The van der Waals surface area contributed by atoms with E-state index in [-0.39, 0.29) is 17.8 Å². The Morgan fingerprint density at radius 3 is 2.77 bits per heavy atom. The lowest BCUT2D eigenvalue weighted by molar-refractivity contribution is -0.146. The molecule has 2 saturated heterocycles. The van der Waals surface area contributed by atoms with E-state index in [1.807, 2.05) is 12.1 Å². The van der Waals surface area contributed by atoms with Gasteiger partial charge in [-0.15, -0.1) is 0 Å². The third-order valence-corrected chi connectivity index (χ3v) is 5.40. The third-order valence-electron chi connectivity index (χ3n) is 5.40. The van der Waals surface area contributed by atoms with Crippen LogP contribution >= 0.6 is 0 Å². The Balaban J connectivity index is 1.49. The van der Waals surface area contributed by atoms with Crippen molar-refractivity contribution >= 4 is 5.91 Å². The van der Waals surface area contributed by atoms with E-state index in [9.17, 15) is 9.18 Å². The molecule has 0 unspecified atom stereocenters. The van der Waals surface area contributed by atoms with Gasteiger partial charge < -0.3 is 4.90 Å². The van der Waals surface area contributed by atoms with Crippen LogP contribution in [0, 0.1) is 17.7 Å². The molecule has 0 aromatic heterocycles. The van der Waals surface area contributed by atoms with Gasteiger partial charge in [-0.05, 0) is 50.1 Å². The monoisotopic (exact) mass is 302 g/mol. The SMILES string of the molecule is O=C1[C@H]2C[C@H](CCN2Cc2ccccc2F)CN1CC1CC1. The van der Waals surface area contributed by atoms with Crippen molar-refractivity contribution in [1.29, 1.82) is 0 Å². The lowest BCUT2D eigenvalue weighted by Crippen LogP contribution is -2.58. The zero-order valence-corrected chi connectivity index (χ0v) is 12.9. The van der Waals surface area contributed by atoms with E-state index in [2.05, 4.69) is 9.80 Å². The molecule has 1 amide bonds. The smallest absolute Gasteiger partial charge is 0.239 e. The fourth-order valence-corrected chi connectivity index (χ4v) is 3.93. The van der Waals surface area contributed by atoms with Crippen molar-refractivity contribution in [3.05, 3.63) is 35.6 Å². The topological polar surface area (TPSA) is 23.6 Å². The number of carbonyl (C=O) groups is 1. The highest BCUT2D eigenvalue weighted by atomic mass is 19.1. The van der Waals surface area contributed by atoms with Gasteiger partial charge in [0.25, 0.3) is 0 Å². The predicted octanol–water partition coefficient (Wildman–Crippen LogP) is 2.66. The number of likely N-dealkylation sites (tertiary alicyclic amines) is 2. The summed E-state index contributed by atoms with van der Waals surface area (Å²) >= 11 is 0. The van der Waals surface area contributed by atoms with Gasteiger partial charge in [-0.2, -0.15) is 0 Å². The first-order valence-corrected chi connectivity index (χ1v) is 8.47. The molecule has 4 heteroatoms. The molecule has 0 N–H and O–H groups in total. The van der Waals surface area contributed by atoms with Gasteiger partial charge in [-0.25, -0.2) is 4.39 Å². The van der Waals surface area contributed by atoms with Crippen molar-refractivity contribution in [2.24, 2.45) is 11.8 Å². The summed E-state index contributed by atoms with van der Waals surface area (Å²) in [5, 5.41) is 0. The minimum Gasteiger partial charge on any atom is -0.341 e. The minimum absolute atomic E-state index is 0.0362. The number of piperidine rings is 2. The highest BCUT2D eigenvalue weighted by Gasteiger charge is 2.42. The summed E-state index contributed by atoms with van der Waals surface area (Å²) in [7, 11) is 0. The average Bonchev–Trinajstić information content (AvgIpc) is 3.33. The number of nitrogens with zero attached hydrogens (tertiary/aromatic N) is 2. The summed E-state index contributed by atoms with van der Waals surface area (Å²) in [4.78, 5) is 17.1. The van der Waals surface area contributed by atoms with Crippen LogP contribution in [0.5, 0.6) is 0 Å². The van der Waals surface area contributed by atoms with Crippen LogP contribution in [0.3, 0.4) is 0 Å². The summed E-state index contributed by atoms with van der Waals surface area (Å²) in [6.07, 6.45) is 4.63. The Morgan fingerprint density at radius 1 is 1.18 bits per heavy atom. The van der Waals surface area contributed by atoms with Crippen LogP contribution in [0.2, 0.25) is 0 Å². The van der Waals surface area contributed by atoms with E-state index in [4.69, 9.17) is 0 Å². The quantitative estimate of drug-likeness (QED) is 0.854. The maximum atomic E-state index is 13.9. The van der Waals surface area contributed by atoms with Crippen molar-refractivity contribution in [2.45, 2.75) is 38.3 Å². The number of hydrogen-bond donors (Lipinski definition) is 0. The lowest BCUT2D eigenvalue weighted by Gasteiger charge is -2.46. The molecule has 2 heterocycles. The number of amides is 1. The largest absolute Gasteiger partial charge is 0.341 e. The van der Waals surface area contributed by atoms with Crippen molar-refractivity contribution in [2.75, 3.05) is 19.6 Å². The summed E-state index contributed by atoms with van der Waals surface area (Å²) in [6, 6.07) is 6.88. The number of hydrogen-bond acceptors (Lipinski definition) is 2. The van der Waals surface area contributed by atoms with E-state index < -0.39 is 0 Å². The molecule has 4 rings (SSSR count). The Labute approximate surface area is 131 Å². The van der Waals surface area contributed by atoms with Crippen molar-refractivity contribution < 1.29 is 9.18 Å². The molecule has 1 aliphatic carbocycles. The van der Waals surface area contributed by atoms with Gasteiger partial charge in [0.2, 0.25) is 5.91 Å². The van der Waals surface area contributed by atoms with Gasteiger partial charge in [0.1, 0.15) is 5.82 Å². The van der Waals surface area contributed by atoms with Gasteiger partial charge in [0.05, 0.1) is 6.04 Å². The molecule has 22 heavy (non-hydrogen) atoms. The third kappa shape index (κ3) is 2.76. The molecular weight excluding hydrogens is 279 g/mol. The second-order valence-electron chi connectivity index (χ2n) is 7.15. The van der Waals surface area contributed by atoms with Crippen LogP contribution in [0.25, 0.3) is 0 Å². The van der Waals surface area contributed by atoms with E-state index in [1.54, 1.807) is 6.07 Å². The Hall–Kier alpha value is -1.42.